The second-order valence-corrected chi connectivity index (χ2v) is 31.8. The summed E-state index contributed by atoms with van der Waals surface area (Å²) in [6.07, 6.45) is -3.37. The first kappa shape index (κ1) is 107. The highest BCUT2D eigenvalue weighted by atomic mass is 32.1. The molecule has 2 aromatic carbocycles. The van der Waals surface area contributed by atoms with Gasteiger partial charge in [-0.1, -0.05) is 130 Å². The van der Waals surface area contributed by atoms with Gasteiger partial charge < -0.3 is 123 Å². The van der Waals surface area contributed by atoms with Crippen molar-refractivity contribution >= 4 is 131 Å². The largest absolute Gasteiger partial charge is 0.481 e. The van der Waals surface area contributed by atoms with Gasteiger partial charge >= 0.3 is 11.9 Å². The van der Waals surface area contributed by atoms with Crippen molar-refractivity contribution in [3.63, 3.8) is 0 Å². The Labute approximate surface area is 717 Å². The van der Waals surface area contributed by atoms with E-state index in [-0.39, 0.29) is 68.6 Å². The van der Waals surface area contributed by atoms with E-state index in [0.717, 1.165) is 6.92 Å². The Hall–Kier alpha value is -11.9. The molecule has 0 aliphatic rings. The van der Waals surface area contributed by atoms with Crippen molar-refractivity contribution < 1.29 is 116 Å². The van der Waals surface area contributed by atoms with Crippen molar-refractivity contribution in [1.82, 2.24) is 85.1 Å². The summed E-state index contributed by atoms with van der Waals surface area (Å²) in [6, 6.07) is -4.90. The van der Waals surface area contributed by atoms with Gasteiger partial charge in [0.15, 0.2) is 0 Å². The number of aliphatic carboxylic acids is 2. The van der Waals surface area contributed by atoms with Gasteiger partial charge in [-0.2, -0.15) is 12.6 Å². The van der Waals surface area contributed by atoms with Crippen LogP contribution in [0.2, 0.25) is 0 Å². The molecular weight excluding hydrogens is 1630 g/mol. The third kappa shape index (κ3) is 41.5. The minimum absolute atomic E-state index is 0.0522. The minimum Gasteiger partial charge on any atom is -0.481 e. The van der Waals surface area contributed by atoms with E-state index in [1.807, 2.05) is 13.8 Å². The zero-order valence-electron chi connectivity index (χ0n) is 70.9. The van der Waals surface area contributed by atoms with E-state index >= 15 is 0 Å². The van der Waals surface area contributed by atoms with Crippen LogP contribution in [0.4, 0.5) is 0 Å². The van der Waals surface area contributed by atoms with Gasteiger partial charge in [-0.15, -0.1) is 0 Å². The molecule has 0 saturated heterocycles. The normalized spacial score (nSPS) is 14.6. The number of hydrogen-bond acceptors (Lipinski definition) is 24. The van der Waals surface area contributed by atoms with Crippen molar-refractivity contribution in [2.45, 2.75) is 231 Å². The van der Waals surface area contributed by atoms with E-state index in [1.165, 1.54) is 13.8 Å². The summed E-state index contributed by atoms with van der Waals surface area (Å²) in [4.78, 5) is 267. The first-order valence-electron chi connectivity index (χ1n) is 40.1. The third-order valence-corrected chi connectivity index (χ3v) is 18.7. The van der Waals surface area contributed by atoms with Crippen molar-refractivity contribution in [1.29, 1.82) is 0 Å². The number of amides is 18. The van der Waals surface area contributed by atoms with Crippen LogP contribution in [0.5, 0.6) is 0 Å². The molecule has 0 radical (unpaired) electrons. The monoisotopic (exact) mass is 1750 g/mol. The number of nitrogens with two attached hydrogens (primary N) is 3. The Balaban J connectivity index is 2.22. The molecule has 44 heteroatoms. The number of benzene rings is 2. The SMILES string of the molecule is CC(C)C[C@H](NC(=O)CN)C(=O)N[C@@H](Cc1ccccc1)C(=O)N[C@@H](CC(C)C)C(=O)N[C@@H](CC(N)=O)C(=O)N[C@@H](CC(C)C)C(=O)N[C@@H](CO)C(=O)N[C@@H](C)C(=O)NCC(=O)N[C@@H](CCC(=O)O)C(=O)N[C@@H](CC(C)C)C(=O)N[C@@H](CS)C(=O)N[C@H](C(=O)NCC(=O)N[C@@H](CO)C(=O)N[C@@H](Cc1ccccc1)C(=O)N[C@@H](CCC(N)=O)C(=O)O)C(C)C. The van der Waals surface area contributed by atoms with Crippen LogP contribution in [0.3, 0.4) is 0 Å². The van der Waals surface area contributed by atoms with Crippen molar-refractivity contribution in [2.24, 2.45) is 46.8 Å². The van der Waals surface area contributed by atoms with Crippen molar-refractivity contribution in [3.8, 4) is 0 Å². The van der Waals surface area contributed by atoms with Crippen LogP contribution in [0, 0.1) is 29.6 Å². The highest BCUT2D eigenvalue weighted by Crippen LogP contribution is 2.16. The number of aliphatic hydroxyl groups excluding tert-OH is 2. The molecule has 0 spiro atoms. The highest BCUT2D eigenvalue weighted by Gasteiger charge is 2.39. The molecule has 0 heterocycles. The van der Waals surface area contributed by atoms with E-state index in [0.29, 0.717) is 11.1 Å². The fourth-order valence-corrected chi connectivity index (χ4v) is 12.2. The molecule has 123 heavy (non-hydrogen) atoms. The lowest BCUT2D eigenvalue weighted by Gasteiger charge is -2.28. The standard InChI is InChI=1S/C79H123N19O24S/c1-39(2)26-49(87-61(103)33-80)68(110)93-54(31-46-20-16-13-17-21-46)73(115)91-50(27-40(3)4)69(111)95-55(32-60(82)102)74(116)92-51(28-41(5)6)70(112)96-57(37-100)75(117)85-44(11)66(108)83-34-62(104)86-47(23-25-64(106)107)67(109)90-52(29-42(7)8)71(113)97-58(38-123)77(119)98-65(43(9)10)78(120)84-35-63(105)88-56(36-99)76(118)94-53(30-45-18-14-12-15-19-45)72(114)89-48(79(121)122)22-24-59(81)101/h12-21,39-44,47-58,65,99-100,123H,22-38,80H2,1-11H3,(H2,81,101)(H2,82,102)(H,83,108)(H,84,120)(H,85,117)(H,86,104)(H,87,103)(H,88,105)(H,89,114)(H,90,109)(H,91,115)(H,92,116)(H,93,110)(H,94,118)(H,95,111)(H,96,112)(H,97,113)(H,98,119)(H,106,107)(H,121,122)/t44-,47-,48-,49-,50-,51-,52-,53-,54-,55-,56-,57-,58-,65-/m0/s1. The summed E-state index contributed by atoms with van der Waals surface area (Å²) in [5.74, 6) is -23.0. The average molecular weight is 1760 g/mol. The number of thiol groups is 1. The first-order valence-corrected chi connectivity index (χ1v) is 40.8. The number of carboxylic acids is 2. The molecule has 0 unspecified atom stereocenters. The molecule has 14 atom stereocenters. The number of rotatable bonds is 57. The number of nitrogens with one attached hydrogen (secondary N) is 16. The summed E-state index contributed by atoms with van der Waals surface area (Å²) in [5.41, 5.74) is 17.3. The van der Waals surface area contributed by atoms with Gasteiger partial charge in [-0.25, -0.2) is 4.79 Å². The van der Waals surface area contributed by atoms with E-state index in [9.17, 15) is 116 Å². The van der Waals surface area contributed by atoms with Gasteiger partial charge in [0.05, 0.1) is 39.3 Å². The zero-order valence-corrected chi connectivity index (χ0v) is 71.8. The molecule has 0 aliphatic heterocycles. The second-order valence-electron chi connectivity index (χ2n) is 31.4. The number of carbonyl (C=O) groups excluding carboxylic acids is 18. The third-order valence-electron chi connectivity index (χ3n) is 18.3. The number of hydrogen-bond donors (Lipinski definition) is 24. The molecule has 0 fully saturated rings. The maximum absolute atomic E-state index is 14.3. The van der Waals surface area contributed by atoms with Crippen LogP contribution in [-0.4, -0.2) is 262 Å². The van der Waals surface area contributed by atoms with Crippen LogP contribution in [0.1, 0.15) is 145 Å². The topological polar surface area (TPSA) is 693 Å². The van der Waals surface area contributed by atoms with Crippen LogP contribution >= 0.6 is 12.6 Å². The fourth-order valence-electron chi connectivity index (χ4n) is 12.0. The van der Waals surface area contributed by atoms with E-state index < -0.39 is 273 Å². The van der Waals surface area contributed by atoms with Gasteiger partial charge in [-0.05, 0) is 86.2 Å². The van der Waals surface area contributed by atoms with Crippen LogP contribution in [0.15, 0.2) is 60.7 Å². The van der Waals surface area contributed by atoms with Crippen LogP contribution in [-0.2, 0) is 109 Å². The van der Waals surface area contributed by atoms with Crippen molar-refractivity contribution in [3.05, 3.63) is 71.8 Å². The summed E-state index contributed by atoms with van der Waals surface area (Å²) in [6.45, 7) is 13.6. The lowest BCUT2D eigenvalue weighted by atomic mass is 9.99. The molecule has 2 aromatic rings. The fraction of sp³-hybridized carbons (Fsp3) is 0.595. The first-order chi connectivity index (χ1) is 57.7. The predicted octanol–water partition coefficient (Wildman–Crippen LogP) is -6.68. The predicted molar refractivity (Wildman–Crippen MR) is 445 cm³/mol. The maximum Gasteiger partial charge on any atom is 0.326 e. The Morgan fingerprint density at radius 3 is 1.04 bits per heavy atom. The zero-order chi connectivity index (χ0) is 93.1. The quantitative estimate of drug-likeness (QED) is 0.0274. The maximum atomic E-state index is 14.3. The van der Waals surface area contributed by atoms with Crippen LogP contribution < -0.4 is 102 Å². The lowest BCUT2D eigenvalue weighted by Crippen LogP contribution is -2.61. The van der Waals surface area contributed by atoms with Crippen molar-refractivity contribution in [2.75, 3.05) is 38.6 Å². The number of primary amides is 2. The molecule has 26 N–H and O–H groups in total. The lowest BCUT2D eigenvalue weighted by molar-refractivity contribution is -0.142. The number of carbonyl (C=O) groups is 20. The average Bonchev–Trinajstić information content (AvgIpc) is 0.851. The van der Waals surface area contributed by atoms with Gasteiger partial charge in [-0.3, -0.25) is 91.1 Å². The summed E-state index contributed by atoms with van der Waals surface area (Å²) >= 11 is 4.21. The summed E-state index contributed by atoms with van der Waals surface area (Å²) in [7, 11) is 0. The van der Waals surface area contributed by atoms with Crippen LogP contribution in [0.25, 0.3) is 0 Å². The van der Waals surface area contributed by atoms with E-state index in [1.54, 1.807) is 102 Å². The van der Waals surface area contributed by atoms with Gasteiger partial charge in [0.25, 0.3) is 0 Å². The molecule has 0 bridgehead atoms. The van der Waals surface area contributed by atoms with Gasteiger partial charge in [0.1, 0.15) is 84.6 Å². The Morgan fingerprint density at radius 1 is 0.341 bits per heavy atom. The molecule has 0 aliphatic carbocycles. The Kier molecular flexibility index (Phi) is 48.1. The molecule has 18 amide bonds. The number of carboxylic acid groups (broad SMARTS) is 2. The summed E-state index contributed by atoms with van der Waals surface area (Å²) in [5, 5.41) is 78.2. The van der Waals surface area contributed by atoms with Gasteiger partial charge in [0.2, 0.25) is 106 Å². The van der Waals surface area contributed by atoms with Gasteiger partial charge in [0, 0.05) is 31.4 Å². The number of aliphatic hydroxyl groups is 2. The van der Waals surface area contributed by atoms with E-state index in [4.69, 9.17) is 17.2 Å². The van der Waals surface area contributed by atoms with E-state index in [2.05, 4.69) is 97.7 Å². The molecule has 0 saturated carbocycles. The minimum atomic E-state index is -1.83. The Morgan fingerprint density at radius 2 is 0.659 bits per heavy atom. The molecule has 0 aromatic heterocycles. The summed E-state index contributed by atoms with van der Waals surface area (Å²) < 4.78 is 0. The second kappa shape index (κ2) is 55.2. The Bertz CT molecular complexity index is 3950. The molecular formula is C79H123N19O24S. The molecule has 2 rings (SSSR count). The molecule has 684 valence electrons. The highest BCUT2D eigenvalue weighted by molar-refractivity contribution is 7.80. The smallest absolute Gasteiger partial charge is 0.326 e. The molecule has 43 nitrogen and oxygen atoms in total.